The van der Waals surface area contributed by atoms with Crippen molar-refractivity contribution in [2.24, 2.45) is 16.3 Å². The molecule has 1 aliphatic rings. The second-order valence-corrected chi connectivity index (χ2v) is 9.17. The van der Waals surface area contributed by atoms with Gasteiger partial charge >= 0.3 is 0 Å². The summed E-state index contributed by atoms with van der Waals surface area (Å²) in [4.78, 5) is 5.04. The lowest BCUT2D eigenvalue weighted by molar-refractivity contribution is 0.256. The maximum Gasteiger partial charge on any atom is 0.0632 e. The fourth-order valence-electron chi connectivity index (χ4n) is 4.73. The third-order valence-corrected chi connectivity index (χ3v) is 7.19. The maximum absolute atomic E-state index is 5.04. The molecule has 1 aromatic rings. The van der Waals surface area contributed by atoms with Crippen molar-refractivity contribution >= 4 is 11.3 Å². The first kappa shape index (κ1) is 24.9. The summed E-state index contributed by atoms with van der Waals surface area (Å²) >= 11 is 0. The van der Waals surface area contributed by atoms with E-state index < -0.39 is 0 Å². The van der Waals surface area contributed by atoms with Crippen LogP contribution in [0.4, 0.5) is 0 Å². The molecule has 2 unspecified atom stereocenters. The first-order valence-corrected chi connectivity index (χ1v) is 11.7. The average molecular weight is 416 g/mol. The van der Waals surface area contributed by atoms with Crippen LogP contribution in [-0.4, -0.2) is 5.71 Å². The largest absolute Gasteiger partial charge is 0.258 e. The molecule has 0 aromatic heterocycles. The van der Waals surface area contributed by atoms with Crippen molar-refractivity contribution in [1.82, 2.24) is 0 Å². The Morgan fingerprint density at radius 3 is 2.42 bits per heavy atom. The van der Waals surface area contributed by atoms with Crippen LogP contribution in [0.25, 0.3) is 5.57 Å². The minimum absolute atomic E-state index is 0.127. The summed E-state index contributed by atoms with van der Waals surface area (Å²) in [5.41, 5.74) is 9.39. The van der Waals surface area contributed by atoms with Crippen LogP contribution in [0.5, 0.6) is 0 Å². The fourth-order valence-corrected chi connectivity index (χ4v) is 4.73. The van der Waals surface area contributed by atoms with Gasteiger partial charge < -0.3 is 0 Å². The number of hydrogen-bond acceptors (Lipinski definition) is 1. The van der Waals surface area contributed by atoms with E-state index in [1.165, 1.54) is 28.0 Å². The third kappa shape index (κ3) is 5.64. The van der Waals surface area contributed by atoms with E-state index in [1.54, 1.807) is 0 Å². The van der Waals surface area contributed by atoms with Gasteiger partial charge in [-0.1, -0.05) is 76.4 Å². The van der Waals surface area contributed by atoms with E-state index in [-0.39, 0.29) is 5.41 Å². The summed E-state index contributed by atoms with van der Waals surface area (Å²) in [6, 6.07) is 6.72. The lowest BCUT2D eigenvalue weighted by atomic mass is 9.65. The Bertz CT molecular complexity index is 951. The molecule has 0 spiro atoms. The highest BCUT2D eigenvalue weighted by molar-refractivity contribution is 5.90. The van der Waals surface area contributed by atoms with Gasteiger partial charge in [0.2, 0.25) is 0 Å². The highest BCUT2D eigenvalue weighted by atomic mass is 14.8. The minimum Gasteiger partial charge on any atom is -0.258 e. The molecule has 1 heteroatoms. The van der Waals surface area contributed by atoms with Crippen molar-refractivity contribution in [3.63, 3.8) is 0 Å². The zero-order chi connectivity index (χ0) is 23.2. The molecule has 1 aliphatic carbocycles. The molecular weight excluding hydrogens is 374 g/mol. The number of nitrogens with zero attached hydrogens (tertiary/aromatic N) is 1. The zero-order valence-corrected chi connectivity index (χ0v) is 20.8. The van der Waals surface area contributed by atoms with Crippen molar-refractivity contribution in [2.75, 3.05) is 0 Å². The first-order valence-electron chi connectivity index (χ1n) is 11.7. The number of aryl methyl sites for hydroxylation is 2. The first-order chi connectivity index (χ1) is 14.7. The van der Waals surface area contributed by atoms with Gasteiger partial charge in [-0.25, -0.2) is 0 Å². The molecule has 0 amide bonds. The van der Waals surface area contributed by atoms with E-state index in [2.05, 4.69) is 97.2 Å². The van der Waals surface area contributed by atoms with Gasteiger partial charge in [-0.05, 0) is 87.1 Å². The van der Waals surface area contributed by atoms with Crippen molar-refractivity contribution in [3.8, 4) is 0 Å². The molecule has 0 radical (unpaired) electrons. The van der Waals surface area contributed by atoms with Crippen LogP contribution in [0, 0.1) is 18.3 Å². The number of aliphatic imine (C=N–C) groups is 1. The summed E-state index contributed by atoms with van der Waals surface area (Å²) in [6.07, 6.45) is 13.3. The van der Waals surface area contributed by atoms with Gasteiger partial charge in [0.15, 0.2) is 0 Å². The van der Waals surface area contributed by atoms with Crippen molar-refractivity contribution in [2.45, 2.75) is 74.1 Å². The number of benzene rings is 1. The minimum atomic E-state index is 0.127. The van der Waals surface area contributed by atoms with Crippen molar-refractivity contribution < 1.29 is 0 Å². The lowest BCUT2D eigenvalue weighted by Crippen LogP contribution is -2.36. The van der Waals surface area contributed by atoms with Crippen LogP contribution in [0.15, 0.2) is 77.5 Å². The standard InChI is InChI=1S/C30H41N/c1-10-27-20-28(17-15-22(27)5)23(6)16-18-29(21(3)4)25(8)31-26(9)30(11-2)19-13-12-14-24(30)7/h12-13,15-18,20,24H,3,8,10-11,14,19H2,1-2,4-7,9H3/b23-16+,29-18-,31-26?. The smallest absolute Gasteiger partial charge is 0.0632 e. The Morgan fingerprint density at radius 1 is 1.13 bits per heavy atom. The summed E-state index contributed by atoms with van der Waals surface area (Å²) in [5.74, 6) is 0.591. The van der Waals surface area contributed by atoms with Gasteiger partial charge in [-0.15, -0.1) is 0 Å². The van der Waals surface area contributed by atoms with E-state index in [0.717, 1.165) is 42.5 Å². The Hall–Kier alpha value is -2.41. The molecular formula is C30H41N. The topological polar surface area (TPSA) is 12.4 Å². The molecule has 0 N–H and O–H groups in total. The van der Waals surface area contributed by atoms with Gasteiger partial charge in [0.25, 0.3) is 0 Å². The van der Waals surface area contributed by atoms with Crippen LogP contribution < -0.4 is 0 Å². The second kappa shape index (κ2) is 10.8. The number of rotatable bonds is 8. The molecule has 31 heavy (non-hydrogen) atoms. The van der Waals surface area contributed by atoms with Crippen LogP contribution in [-0.2, 0) is 6.42 Å². The maximum atomic E-state index is 5.04. The summed E-state index contributed by atoms with van der Waals surface area (Å²) < 4.78 is 0. The predicted octanol–water partition coefficient (Wildman–Crippen LogP) is 8.82. The molecule has 0 heterocycles. The van der Waals surface area contributed by atoms with E-state index >= 15 is 0 Å². The molecule has 0 saturated carbocycles. The third-order valence-electron chi connectivity index (χ3n) is 7.19. The molecule has 0 aliphatic heterocycles. The lowest BCUT2D eigenvalue weighted by Gasteiger charge is -2.40. The van der Waals surface area contributed by atoms with Crippen LogP contribution in [0.3, 0.4) is 0 Å². The van der Waals surface area contributed by atoms with Gasteiger partial charge in [0, 0.05) is 16.7 Å². The summed E-state index contributed by atoms with van der Waals surface area (Å²) in [5, 5.41) is 0. The quantitative estimate of drug-likeness (QED) is 0.228. The highest BCUT2D eigenvalue weighted by Crippen LogP contribution is 2.43. The fraction of sp³-hybridized carbons (Fsp3) is 0.433. The Labute approximate surface area is 191 Å². The monoisotopic (exact) mass is 415 g/mol. The highest BCUT2D eigenvalue weighted by Gasteiger charge is 2.37. The van der Waals surface area contributed by atoms with E-state index in [0.29, 0.717) is 5.92 Å². The molecule has 166 valence electrons. The second-order valence-electron chi connectivity index (χ2n) is 9.17. The van der Waals surface area contributed by atoms with Gasteiger partial charge in [0.05, 0.1) is 5.70 Å². The molecule has 0 fully saturated rings. The molecule has 0 bridgehead atoms. The molecule has 1 nitrogen and oxygen atoms in total. The predicted molar refractivity (Wildman–Crippen MR) is 140 cm³/mol. The molecule has 2 atom stereocenters. The summed E-state index contributed by atoms with van der Waals surface area (Å²) in [7, 11) is 0. The van der Waals surface area contributed by atoms with Crippen molar-refractivity contribution in [3.05, 3.63) is 89.2 Å². The van der Waals surface area contributed by atoms with E-state index in [4.69, 9.17) is 4.99 Å². The van der Waals surface area contributed by atoms with E-state index in [9.17, 15) is 0 Å². The zero-order valence-electron chi connectivity index (χ0n) is 20.8. The Morgan fingerprint density at radius 2 is 1.84 bits per heavy atom. The molecule has 0 saturated heterocycles. The Balaban J connectivity index is 2.36. The molecule has 1 aromatic carbocycles. The van der Waals surface area contributed by atoms with Gasteiger partial charge in [0.1, 0.15) is 0 Å². The number of allylic oxidation sites excluding steroid dienone is 6. The van der Waals surface area contributed by atoms with Crippen LogP contribution in [0.1, 0.15) is 77.5 Å². The van der Waals surface area contributed by atoms with Gasteiger partial charge in [-0.3, -0.25) is 4.99 Å². The Kier molecular flexibility index (Phi) is 8.62. The van der Waals surface area contributed by atoms with Crippen LogP contribution >= 0.6 is 0 Å². The van der Waals surface area contributed by atoms with Crippen LogP contribution in [0.2, 0.25) is 0 Å². The molecule has 2 rings (SSSR count). The summed E-state index contributed by atoms with van der Waals surface area (Å²) in [6.45, 7) is 23.9. The SMILES string of the molecule is C=C(C)/C(=C/C=C(\C)c1ccc(C)c(CC)c1)C(=C)N=C(C)C1(CC)CC=CCC1C. The van der Waals surface area contributed by atoms with E-state index in [1.807, 2.05) is 6.92 Å². The number of hydrogen-bond donors (Lipinski definition) is 0. The van der Waals surface area contributed by atoms with Gasteiger partial charge in [-0.2, -0.15) is 0 Å². The average Bonchev–Trinajstić information content (AvgIpc) is 2.74. The van der Waals surface area contributed by atoms with Crippen molar-refractivity contribution in [1.29, 1.82) is 0 Å². The normalized spacial score (nSPS) is 22.5.